The maximum atomic E-state index is 8.98. The summed E-state index contributed by atoms with van der Waals surface area (Å²) in [4.78, 5) is 7.26. The van der Waals surface area contributed by atoms with Crippen molar-refractivity contribution in [1.29, 1.82) is 5.26 Å². The van der Waals surface area contributed by atoms with E-state index in [1.165, 1.54) is 11.1 Å². The highest BCUT2D eigenvalue weighted by Crippen LogP contribution is 2.41. The van der Waals surface area contributed by atoms with Crippen molar-refractivity contribution in [3.8, 4) is 6.07 Å². The predicted octanol–water partition coefficient (Wildman–Crippen LogP) is 4.47. The van der Waals surface area contributed by atoms with E-state index in [-0.39, 0.29) is 11.0 Å². The molecule has 1 aromatic carbocycles. The van der Waals surface area contributed by atoms with E-state index in [1.54, 1.807) is 7.11 Å². The molecule has 0 aliphatic carbocycles. The lowest BCUT2D eigenvalue weighted by molar-refractivity contribution is 0.0593. The van der Waals surface area contributed by atoms with Crippen LogP contribution in [-0.4, -0.2) is 36.7 Å². The first-order valence-corrected chi connectivity index (χ1v) is 10.0. The molecular weight excluding hydrogens is 346 g/mol. The minimum atomic E-state index is -0.0996. The van der Waals surface area contributed by atoms with Gasteiger partial charge in [0.05, 0.1) is 29.5 Å². The van der Waals surface area contributed by atoms with E-state index >= 15 is 0 Å². The molecule has 0 saturated carbocycles. The van der Waals surface area contributed by atoms with E-state index in [0.29, 0.717) is 0 Å². The second-order valence-corrected chi connectivity index (χ2v) is 8.69. The number of methoxy groups -OCH3 is 1. The molecule has 4 nitrogen and oxygen atoms in total. The van der Waals surface area contributed by atoms with Gasteiger partial charge in [0.1, 0.15) is 0 Å². The fourth-order valence-electron chi connectivity index (χ4n) is 4.26. The van der Waals surface area contributed by atoms with Gasteiger partial charge in [0.2, 0.25) is 0 Å². The number of benzene rings is 1. The molecule has 3 rings (SSSR count). The number of nitriles is 1. The number of likely N-dealkylation sites (tertiary alicyclic amines) is 1. The molecule has 148 valence electrons. The van der Waals surface area contributed by atoms with Crippen molar-refractivity contribution in [3.05, 3.63) is 65.0 Å². The van der Waals surface area contributed by atoms with Crippen LogP contribution >= 0.6 is 0 Å². The standard InChI is InChI=1S/C24H31N3O/c1-19-5-10-22(26-16-19)23(2,3)27-14-13-24(17-27,18-28-4)12-11-20-6-8-21(15-25)9-7-20/h5-10,16H,11-14,17-18H2,1-4H3/t24-/m1/s1. The lowest BCUT2D eigenvalue weighted by atomic mass is 9.81. The van der Waals surface area contributed by atoms with Gasteiger partial charge >= 0.3 is 0 Å². The van der Waals surface area contributed by atoms with E-state index in [4.69, 9.17) is 15.0 Å². The van der Waals surface area contributed by atoms with Crippen LogP contribution in [0.15, 0.2) is 42.6 Å². The predicted molar refractivity (Wildman–Crippen MR) is 112 cm³/mol. The van der Waals surface area contributed by atoms with Crippen LogP contribution in [0.5, 0.6) is 0 Å². The van der Waals surface area contributed by atoms with E-state index in [9.17, 15) is 0 Å². The molecular formula is C24H31N3O. The summed E-state index contributed by atoms with van der Waals surface area (Å²) in [6.45, 7) is 9.46. The largest absolute Gasteiger partial charge is 0.384 e. The molecule has 0 radical (unpaired) electrons. The second-order valence-electron chi connectivity index (χ2n) is 8.69. The minimum absolute atomic E-state index is 0.0996. The van der Waals surface area contributed by atoms with Crippen LogP contribution in [0.1, 0.15) is 49.1 Å². The van der Waals surface area contributed by atoms with Gasteiger partial charge in [-0.1, -0.05) is 18.2 Å². The average molecular weight is 378 g/mol. The summed E-state index contributed by atoms with van der Waals surface area (Å²) in [7, 11) is 1.80. The molecule has 1 aliphatic rings. The Kier molecular flexibility index (Phi) is 6.17. The second kappa shape index (κ2) is 8.43. The maximum absolute atomic E-state index is 8.98. The normalized spacial score (nSPS) is 20.2. The smallest absolute Gasteiger partial charge is 0.0991 e. The maximum Gasteiger partial charge on any atom is 0.0991 e. The fraction of sp³-hybridized carbons (Fsp3) is 0.500. The summed E-state index contributed by atoms with van der Waals surface area (Å²) in [5.74, 6) is 0. The molecule has 1 atom stereocenters. The van der Waals surface area contributed by atoms with Gasteiger partial charge in [-0.25, -0.2) is 0 Å². The van der Waals surface area contributed by atoms with E-state index in [1.807, 2.05) is 18.3 Å². The van der Waals surface area contributed by atoms with Crippen molar-refractivity contribution in [2.24, 2.45) is 5.41 Å². The Hall–Kier alpha value is -2.22. The Morgan fingerprint density at radius 1 is 1.21 bits per heavy atom. The summed E-state index contributed by atoms with van der Waals surface area (Å²) in [6.07, 6.45) is 5.18. The fourth-order valence-corrected chi connectivity index (χ4v) is 4.26. The van der Waals surface area contributed by atoms with E-state index in [0.717, 1.165) is 50.2 Å². The van der Waals surface area contributed by atoms with Crippen molar-refractivity contribution in [3.63, 3.8) is 0 Å². The molecule has 0 bridgehead atoms. The molecule has 1 aliphatic heterocycles. The number of hydrogen-bond acceptors (Lipinski definition) is 4. The summed E-state index contributed by atoms with van der Waals surface area (Å²) in [5.41, 5.74) is 4.38. The first-order chi connectivity index (χ1) is 13.4. The Labute approximate surface area is 169 Å². The summed E-state index contributed by atoms with van der Waals surface area (Å²) < 4.78 is 5.65. The van der Waals surface area contributed by atoms with Crippen LogP contribution in [-0.2, 0) is 16.7 Å². The third-order valence-electron chi connectivity index (χ3n) is 6.24. The molecule has 1 fully saturated rings. The zero-order valence-corrected chi connectivity index (χ0v) is 17.5. The van der Waals surface area contributed by atoms with Crippen molar-refractivity contribution in [2.75, 3.05) is 26.8 Å². The molecule has 0 N–H and O–H groups in total. The first kappa shape index (κ1) is 20.5. The summed E-state index contributed by atoms with van der Waals surface area (Å²) in [6, 6.07) is 14.5. The SMILES string of the molecule is COC[C@]1(CCc2ccc(C#N)cc2)CCN(C(C)(C)c2ccc(C)cn2)C1. The molecule has 2 heterocycles. The van der Waals surface area contributed by atoms with Crippen LogP contribution in [0, 0.1) is 23.7 Å². The third kappa shape index (κ3) is 4.43. The van der Waals surface area contributed by atoms with Gasteiger partial charge in [0, 0.05) is 25.3 Å². The van der Waals surface area contributed by atoms with Crippen LogP contribution in [0.4, 0.5) is 0 Å². The molecule has 1 aromatic heterocycles. The number of aromatic nitrogens is 1. The average Bonchev–Trinajstić information content (AvgIpc) is 3.13. The van der Waals surface area contributed by atoms with Crippen LogP contribution in [0.3, 0.4) is 0 Å². The molecule has 0 amide bonds. The van der Waals surface area contributed by atoms with Crippen LogP contribution in [0.2, 0.25) is 0 Å². The van der Waals surface area contributed by atoms with Gasteiger partial charge in [-0.15, -0.1) is 0 Å². The Bertz CT molecular complexity index is 820. The topological polar surface area (TPSA) is 49.1 Å². The van der Waals surface area contributed by atoms with Gasteiger partial charge in [-0.2, -0.15) is 5.26 Å². The quantitative estimate of drug-likeness (QED) is 0.714. The third-order valence-corrected chi connectivity index (χ3v) is 6.24. The minimum Gasteiger partial charge on any atom is -0.384 e. The highest BCUT2D eigenvalue weighted by atomic mass is 16.5. The molecule has 2 aromatic rings. The first-order valence-electron chi connectivity index (χ1n) is 10.0. The van der Waals surface area contributed by atoms with Crippen molar-refractivity contribution >= 4 is 0 Å². The van der Waals surface area contributed by atoms with Crippen molar-refractivity contribution in [1.82, 2.24) is 9.88 Å². The van der Waals surface area contributed by atoms with Gasteiger partial charge < -0.3 is 4.74 Å². The van der Waals surface area contributed by atoms with Gasteiger partial charge in [-0.05, 0) is 75.9 Å². The molecule has 0 spiro atoms. The number of ether oxygens (including phenoxy) is 1. The number of nitrogens with zero attached hydrogens (tertiary/aromatic N) is 3. The van der Waals surface area contributed by atoms with Gasteiger partial charge in [0.15, 0.2) is 0 Å². The van der Waals surface area contributed by atoms with E-state index in [2.05, 4.69) is 56.0 Å². The highest BCUT2D eigenvalue weighted by molar-refractivity contribution is 5.31. The molecule has 0 unspecified atom stereocenters. The van der Waals surface area contributed by atoms with Crippen molar-refractivity contribution in [2.45, 2.75) is 45.6 Å². The number of aryl methyl sites for hydroxylation is 2. The molecule has 28 heavy (non-hydrogen) atoms. The monoisotopic (exact) mass is 377 g/mol. The summed E-state index contributed by atoms with van der Waals surface area (Å²) >= 11 is 0. The Morgan fingerprint density at radius 3 is 2.57 bits per heavy atom. The molecule has 1 saturated heterocycles. The lowest BCUT2D eigenvalue weighted by Crippen LogP contribution is -2.42. The lowest BCUT2D eigenvalue weighted by Gasteiger charge is -2.37. The zero-order valence-electron chi connectivity index (χ0n) is 17.5. The number of rotatable bonds is 7. The number of pyridine rings is 1. The zero-order chi connectivity index (χ0) is 20.2. The van der Waals surface area contributed by atoms with Gasteiger partial charge in [0.25, 0.3) is 0 Å². The van der Waals surface area contributed by atoms with E-state index < -0.39 is 0 Å². The Balaban J connectivity index is 1.71. The highest BCUT2D eigenvalue weighted by Gasteiger charge is 2.43. The van der Waals surface area contributed by atoms with Gasteiger partial charge in [-0.3, -0.25) is 9.88 Å². The summed E-state index contributed by atoms with van der Waals surface area (Å²) in [5, 5.41) is 8.98. The van der Waals surface area contributed by atoms with Crippen molar-refractivity contribution < 1.29 is 4.74 Å². The number of hydrogen-bond donors (Lipinski definition) is 0. The van der Waals surface area contributed by atoms with Crippen LogP contribution < -0.4 is 0 Å². The molecule has 4 heteroatoms. The Morgan fingerprint density at radius 2 is 1.96 bits per heavy atom. The van der Waals surface area contributed by atoms with Crippen LogP contribution in [0.25, 0.3) is 0 Å².